The van der Waals surface area contributed by atoms with Crippen LogP contribution in [0.3, 0.4) is 0 Å². The minimum atomic E-state index is -0.0262. The zero-order valence-electron chi connectivity index (χ0n) is 26.5. The molecule has 0 atom stereocenters. The lowest BCUT2D eigenvalue weighted by molar-refractivity contribution is -0.116. The average Bonchev–Trinajstić information content (AvgIpc) is 3.40. The van der Waals surface area contributed by atoms with Crippen LogP contribution in [0.1, 0.15) is 18.4 Å². The van der Waals surface area contributed by atoms with Crippen molar-refractivity contribution in [2.75, 3.05) is 53.4 Å². The van der Waals surface area contributed by atoms with Crippen molar-refractivity contribution in [2.24, 2.45) is 0 Å². The highest BCUT2D eigenvalue weighted by atomic mass is 16.5. The summed E-state index contributed by atoms with van der Waals surface area (Å²) in [5.41, 5.74) is 11.2. The molecule has 2 amide bonds. The molecule has 0 saturated heterocycles. The van der Waals surface area contributed by atoms with Crippen molar-refractivity contribution in [3.05, 3.63) is 109 Å². The van der Waals surface area contributed by atoms with E-state index in [2.05, 4.69) is 80.8 Å². The van der Waals surface area contributed by atoms with Crippen LogP contribution in [0, 0.1) is 0 Å². The molecule has 0 saturated carbocycles. The van der Waals surface area contributed by atoms with Gasteiger partial charge in [0.1, 0.15) is 12.4 Å². The maximum Gasteiger partial charge on any atom is 0.226 e. The normalized spacial score (nSPS) is 13.8. The van der Waals surface area contributed by atoms with E-state index in [1.54, 1.807) is 0 Å². The fourth-order valence-corrected chi connectivity index (χ4v) is 6.16. The molecule has 2 heterocycles. The number of anilines is 5. The molecule has 4 N–H and O–H groups in total. The Hall–Kier alpha value is -5.76. The van der Waals surface area contributed by atoms with E-state index in [1.165, 1.54) is 0 Å². The third kappa shape index (κ3) is 6.35. The molecule has 0 spiro atoms. The van der Waals surface area contributed by atoms with E-state index in [0.29, 0.717) is 38.3 Å². The van der Waals surface area contributed by atoms with E-state index in [4.69, 9.17) is 4.74 Å². The Morgan fingerprint density at radius 2 is 1.32 bits per heavy atom. The van der Waals surface area contributed by atoms with Gasteiger partial charge in [0, 0.05) is 62.4 Å². The quantitative estimate of drug-likeness (QED) is 0.148. The minimum absolute atomic E-state index is 0.00709. The summed E-state index contributed by atoms with van der Waals surface area (Å²) in [6.07, 6.45) is 0.791. The van der Waals surface area contributed by atoms with Crippen LogP contribution in [0.25, 0.3) is 33.4 Å². The van der Waals surface area contributed by atoms with Crippen LogP contribution in [0.4, 0.5) is 28.4 Å². The first-order chi connectivity index (χ1) is 22.9. The monoisotopic (exact) mass is 623 g/mol. The van der Waals surface area contributed by atoms with Crippen molar-refractivity contribution in [1.82, 2.24) is 0 Å². The van der Waals surface area contributed by atoms with Gasteiger partial charge in [-0.2, -0.15) is 0 Å². The van der Waals surface area contributed by atoms with Crippen LogP contribution >= 0.6 is 0 Å². The van der Waals surface area contributed by atoms with E-state index in [0.717, 1.165) is 67.4 Å². The molecule has 8 heteroatoms. The summed E-state index contributed by atoms with van der Waals surface area (Å²) in [4.78, 5) is 27.1. The van der Waals surface area contributed by atoms with Gasteiger partial charge in [-0.15, -0.1) is 0 Å². The summed E-state index contributed by atoms with van der Waals surface area (Å²) in [7, 11) is 4.06. The highest BCUT2D eigenvalue weighted by Crippen LogP contribution is 2.45. The van der Waals surface area contributed by atoms with Crippen molar-refractivity contribution in [2.45, 2.75) is 19.4 Å². The highest BCUT2D eigenvalue weighted by molar-refractivity contribution is 6.03. The van der Waals surface area contributed by atoms with Gasteiger partial charge in [0.25, 0.3) is 0 Å². The number of nitrogens with zero attached hydrogens (tertiary/aromatic N) is 1. The first kappa shape index (κ1) is 29.9. The number of carbonyl (C=O) groups is 2. The van der Waals surface area contributed by atoms with Gasteiger partial charge in [-0.05, 0) is 58.7 Å². The molecule has 7 rings (SSSR count). The van der Waals surface area contributed by atoms with Gasteiger partial charge < -0.3 is 30.9 Å². The summed E-state index contributed by atoms with van der Waals surface area (Å²) < 4.78 is 6.61. The Morgan fingerprint density at radius 3 is 2.09 bits per heavy atom. The van der Waals surface area contributed by atoms with Crippen molar-refractivity contribution in [3.63, 3.8) is 0 Å². The van der Waals surface area contributed by atoms with Crippen molar-refractivity contribution in [1.29, 1.82) is 0 Å². The first-order valence-electron chi connectivity index (χ1n) is 15.9. The molecule has 5 aromatic rings. The summed E-state index contributed by atoms with van der Waals surface area (Å²) in [6, 6.07) is 34.9. The largest absolute Gasteiger partial charge is 0.488 e. The summed E-state index contributed by atoms with van der Waals surface area (Å²) in [5, 5.41) is 13.1. The van der Waals surface area contributed by atoms with Gasteiger partial charge in [0.2, 0.25) is 11.8 Å². The Labute approximate surface area is 274 Å². The van der Waals surface area contributed by atoms with Crippen LogP contribution in [0.15, 0.2) is 103 Å². The summed E-state index contributed by atoms with van der Waals surface area (Å²) >= 11 is 0. The highest BCUT2D eigenvalue weighted by Gasteiger charge is 2.22. The van der Waals surface area contributed by atoms with Crippen molar-refractivity contribution < 1.29 is 14.3 Å². The molecule has 47 heavy (non-hydrogen) atoms. The molecule has 2 aliphatic rings. The Morgan fingerprint density at radius 1 is 0.617 bits per heavy atom. The smallest absolute Gasteiger partial charge is 0.226 e. The first-order valence-corrected chi connectivity index (χ1v) is 15.9. The van der Waals surface area contributed by atoms with Crippen LogP contribution in [-0.2, 0) is 16.2 Å². The molecule has 0 aliphatic carbocycles. The second-order valence-electron chi connectivity index (χ2n) is 12.1. The van der Waals surface area contributed by atoms with Gasteiger partial charge in [0.15, 0.2) is 0 Å². The Kier molecular flexibility index (Phi) is 8.23. The zero-order chi connectivity index (χ0) is 32.3. The number of carbonyl (C=O) groups excluding carboxylic acids is 2. The number of benzene rings is 5. The number of nitrogens with one attached hydrogen (secondary N) is 4. The molecule has 0 aromatic heterocycles. The Bertz CT molecular complexity index is 1970. The van der Waals surface area contributed by atoms with E-state index in [9.17, 15) is 9.59 Å². The second-order valence-corrected chi connectivity index (χ2v) is 12.1. The SMILES string of the molecule is CN(C)c1cccc(-c2cc(-c3ccc(-c4cccc5c4NCCC(=O)N5)cc3OCc3ccccc3)cc3c2NCCC(=O)N3)c1. The van der Waals surface area contributed by atoms with Crippen LogP contribution in [0.2, 0.25) is 0 Å². The van der Waals surface area contributed by atoms with Crippen molar-refractivity contribution in [3.8, 4) is 39.1 Å². The number of amides is 2. The van der Waals surface area contributed by atoms with Crippen LogP contribution in [0.5, 0.6) is 5.75 Å². The zero-order valence-corrected chi connectivity index (χ0v) is 26.5. The Balaban J connectivity index is 1.38. The molecule has 0 bridgehead atoms. The third-order valence-electron chi connectivity index (χ3n) is 8.57. The molecule has 0 fully saturated rings. The molecule has 5 aromatic carbocycles. The standard InChI is InChI=1S/C39H37N5O3/c1-44(2)29-11-6-10-26(20-29)32-21-28(22-34-39(32)41-19-17-37(46)43-34)30-15-14-27(23-35(30)47-24-25-8-4-3-5-9-25)31-12-7-13-33-38(31)40-18-16-36(45)42-33/h3-15,20-23,40-41H,16-19,24H2,1-2H3,(H,42,45)(H,43,46). The van der Waals surface area contributed by atoms with Crippen molar-refractivity contribution >= 4 is 40.3 Å². The predicted molar refractivity (Wildman–Crippen MR) is 191 cm³/mol. The molecule has 8 nitrogen and oxygen atoms in total. The predicted octanol–water partition coefficient (Wildman–Crippen LogP) is 7.84. The fraction of sp³-hybridized carbons (Fsp3) is 0.179. The van der Waals surface area contributed by atoms with Gasteiger partial charge in [0.05, 0.1) is 22.7 Å². The van der Waals surface area contributed by atoms with Gasteiger partial charge in [-0.1, -0.05) is 66.7 Å². The summed E-state index contributed by atoms with van der Waals surface area (Å²) in [6.45, 7) is 1.49. The number of rotatable bonds is 7. The minimum Gasteiger partial charge on any atom is -0.488 e. The lowest BCUT2D eigenvalue weighted by Gasteiger charge is -2.21. The third-order valence-corrected chi connectivity index (χ3v) is 8.57. The van der Waals surface area contributed by atoms with Gasteiger partial charge in [-0.25, -0.2) is 0 Å². The van der Waals surface area contributed by atoms with E-state index in [-0.39, 0.29) is 11.8 Å². The average molecular weight is 624 g/mol. The number of para-hydroxylation sites is 1. The van der Waals surface area contributed by atoms with E-state index >= 15 is 0 Å². The molecule has 2 aliphatic heterocycles. The number of fused-ring (bicyclic) bond motifs is 2. The molecular weight excluding hydrogens is 586 g/mol. The molecule has 0 radical (unpaired) electrons. The van der Waals surface area contributed by atoms with Crippen LogP contribution in [-0.4, -0.2) is 39.0 Å². The maximum absolute atomic E-state index is 12.8. The van der Waals surface area contributed by atoms with Crippen LogP contribution < -0.4 is 30.9 Å². The molecule has 0 unspecified atom stereocenters. The lowest BCUT2D eigenvalue weighted by atomic mass is 9.93. The molecule has 236 valence electrons. The number of hydrogen-bond donors (Lipinski definition) is 4. The summed E-state index contributed by atoms with van der Waals surface area (Å²) in [5.74, 6) is 0.677. The number of ether oxygens (including phenoxy) is 1. The lowest BCUT2D eigenvalue weighted by Crippen LogP contribution is -2.10. The van der Waals surface area contributed by atoms with E-state index < -0.39 is 0 Å². The fourth-order valence-electron chi connectivity index (χ4n) is 6.16. The number of hydrogen-bond acceptors (Lipinski definition) is 6. The maximum atomic E-state index is 12.8. The topological polar surface area (TPSA) is 94.7 Å². The van der Waals surface area contributed by atoms with Gasteiger partial charge in [-0.3, -0.25) is 9.59 Å². The molecular formula is C39H37N5O3. The van der Waals surface area contributed by atoms with Gasteiger partial charge >= 0.3 is 0 Å². The second kappa shape index (κ2) is 12.9. The van der Waals surface area contributed by atoms with E-state index in [1.807, 2.05) is 62.6 Å².